The number of aliphatic hydroxyl groups is 3. The van der Waals surface area contributed by atoms with Crippen LogP contribution in [0.4, 0.5) is 5.69 Å². The summed E-state index contributed by atoms with van der Waals surface area (Å²) >= 11 is 5.26. The molecule has 1 aromatic carbocycles. The predicted molar refractivity (Wildman–Crippen MR) is 134 cm³/mol. The quantitative estimate of drug-likeness (QED) is 0.0602. The van der Waals surface area contributed by atoms with Gasteiger partial charge in [-0.15, -0.1) is 6.42 Å². The van der Waals surface area contributed by atoms with Crippen LogP contribution in [0.1, 0.15) is 6.42 Å². The Morgan fingerprint density at radius 3 is 2.27 bits per heavy atom. The second-order valence-electron chi connectivity index (χ2n) is 7.90. The van der Waals surface area contributed by atoms with Gasteiger partial charge in [-0.2, -0.15) is 0 Å². The van der Waals surface area contributed by atoms with Crippen LogP contribution in [0.25, 0.3) is 0 Å². The zero-order valence-corrected chi connectivity index (χ0v) is 21.1. The lowest BCUT2D eigenvalue weighted by atomic mass is 9.97. The number of terminal acetylenes is 1. The Balaban J connectivity index is 1.66. The fraction of sp³-hybridized carbons (Fsp3) is 0.609. The third-order valence-electron chi connectivity index (χ3n) is 5.11. The largest absolute Gasteiger partial charge is 0.462 e. The van der Waals surface area contributed by atoms with Gasteiger partial charge in [-0.3, -0.25) is 10.4 Å². The lowest BCUT2D eigenvalue weighted by Gasteiger charge is -2.40. The molecule has 1 saturated heterocycles. The molecule has 0 spiro atoms. The van der Waals surface area contributed by atoms with E-state index in [1.165, 1.54) is 0 Å². The number of hydrogen-bond acceptors (Lipinski definition) is 12. The maximum atomic E-state index is 10.2. The van der Waals surface area contributed by atoms with E-state index in [2.05, 4.69) is 16.6 Å². The fourth-order valence-corrected chi connectivity index (χ4v) is 3.45. The zero-order chi connectivity index (χ0) is 27.0. The monoisotopic (exact) mass is 545 g/mol. The number of aliphatic hydroxyl groups excluding tert-OH is 3. The highest BCUT2D eigenvalue weighted by Gasteiger charge is 2.44. The first-order valence-corrected chi connectivity index (χ1v) is 12.1. The van der Waals surface area contributed by atoms with Gasteiger partial charge in [0.1, 0.15) is 30.7 Å². The van der Waals surface area contributed by atoms with Gasteiger partial charge in [0, 0.05) is 12.2 Å². The molecular weight excluding hydrogens is 510 g/mol. The molecule has 3 unspecified atom stereocenters. The number of thiocarbonyl (C=S) groups is 1. The summed E-state index contributed by atoms with van der Waals surface area (Å²) in [5, 5.41) is 54.5. The molecule has 13 nitrogen and oxygen atoms in total. The average Bonchev–Trinajstić information content (AvgIpc) is 2.88. The normalized spacial score (nSPS) is 23.4. The SMILES string of the molecule is C#CCOCCOCCOCCNC(=S)Nc1ccc(O[C@H]2OC(CCN(O)O)[C@@H](O)C(O)C2O)cc1. The number of rotatable bonds is 16. The lowest BCUT2D eigenvalue weighted by molar-refractivity contribution is -0.317. The minimum Gasteiger partial charge on any atom is -0.462 e. The number of nitrogens with one attached hydrogen (secondary N) is 2. The van der Waals surface area contributed by atoms with E-state index < -0.39 is 30.7 Å². The highest BCUT2D eigenvalue weighted by molar-refractivity contribution is 7.80. The van der Waals surface area contributed by atoms with E-state index >= 15 is 0 Å². The summed E-state index contributed by atoms with van der Waals surface area (Å²) in [6.07, 6.45) is -1.67. The summed E-state index contributed by atoms with van der Waals surface area (Å²) in [5.74, 6) is 2.71. The van der Waals surface area contributed by atoms with E-state index in [9.17, 15) is 15.3 Å². The van der Waals surface area contributed by atoms with Gasteiger partial charge in [-0.25, -0.2) is 0 Å². The summed E-state index contributed by atoms with van der Waals surface area (Å²) in [6.45, 7) is 2.75. The first-order chi connectivity index (χ1) is 17.8. The van der Waals surface area contributed by atoms with Crippen LogP contribution in [0.2, 0.25) is 0 Å². The van der Waals surface area contributed by atoms with Crippen LogP contribution in [0.15, 0.2) is 24.3 Å². The van der Waals surface area contributed by atoms with Gasteiger partial charge < -0.3 is 49.6 Å². The summed E-state index contributed by atoms with van der Waals surface area (Å²) in [6, 6.07) is 6.60. The molecule has 2 rings (SSSR count). The van der Waals surface area contributed by atoms with Crippen molar-refractivity contribution in [2.24, 2.45) is 0 Å². The molecule has 0 aromatic heterocycles. The van der Waals surface area contributed by atoms with Crippen LogP contribution in [0.5, 0.6) is 5.75 Å². The molecule has 208 valence electrons. The van der Waals surface area contributed by atoms with Gasteiger partial charge in [0.2, 0.25) is 6.29 Å². The first-order valence-electron chi connectivity index (χ1n) is 11.6. The maximum absolute atomic E-state index is 10.2. The van der Waals surface area contributed by atoms with E-state index in [0.29, 0.717) is 56.1 Å². The Kier molecular flexibility index (Phi) is 14.6. The second kappa shape index (κ2) is 17.4. The molecule has 1 aromatic rings. The average molecular weight is 546 g/mol. The molecule has 0 radical (unpaired) electrons. The summed E-state index contributed by atoms with van der Waals surface area (Å²) < 4.78 is 27.0. The van der Waals surface area contributed by atoms with Gasteiger partial charge in [-0.05, 0) is 42.9 Å². The Bertz CT molecular complexity index is 826. The number of hydrogen-bond donors (Lipinski definition) is 7. The highest BCUT2D eigenvalue weighted by Crippen LogP contribution is 2.26. The van der Waals surface area contributed by atoms with Gasteiger partial charge in [-0.1, -0.05) is 11.1 Å². The Hall–Kier alpha value is -2.13. The molecule has 37 heavy (non-hydrogen) atoms. The fourth-order valence-electron chi connectivity index (χ4n) is 3.23. The number of anilines is 1. The second-order valence-corrected chi connectivity index (χ2v) is 8.31. The molecule has 7 N–H and O–H groups in total. The molecule has 0 aliphatic carbocycles. The Labute approximate surface area is 220 Å². The predicted octanol–water partition coefficient (Wildman–Crippen LogP) is -0.687. The molecule has 0 amide bonds. The minimum absolute atomic E-state index is 0.0208. The van der Waals surface area contributed by atoms with Crippen LogP contribution >= 0.6 is 12.2 Å². The van der Waals surface area contributed by atoms with Crippen molar-refractivity contribution in [3.05, 3.63) is 24.3 Å². The van der Waals surface area contributed by atoms with Gasteiger partial charge >= 0.3 is 0 Å². The van der Waals surface area contributed by atoms with Crippen LogP contribution in [-0.4, -0.2) is 120 Å². The molecule has 5 atom stereocenters. The topological polar surface area (TPSA) is 175 Å². The van der Waals surface area contributed by atoms with E-state index in [4.69, 9.17) is 52.7 Å². The van der Waals surface area contributed by atoms with E-state index in [0.717, 1.165) is 0 Å². The number of benzene rings is 1. The minimum atomic E-state index is -1.53. The molecule has 0 saturated carbocycles. The third-order valence-corrected chi connectivity index (χ3v) is 5.35. The molecule has 1 aliphatic heterocycles. The Morgan fingerprint density at radius 1 is 0.973 bits per heavy atom. The number of hydroxylamine groups is 2. The van der Waals surface area contributed by atoms with Gasteiger partial charge in [0.05, 0.1) is 45.7 Å². The van der Waals surface area contributed by atoms with Crippen molar-refractivity contribution in [3.8, 4) is 18.1 Å². The van der Waals surface area contributed by atoms with Crippen molar-refractivity contribution >= 4 is 23.0 Å². The van der Waals surface area contributed by atoms with Crippen molar-refractivity contribution in [1.82, 2.24) is 10.5 Å². The van der Waals surface area contributed by atoms with Crippen molar-refractivity contribution in [1.29, 1.82) is 0 Å². The molecular formula is C23H35N3O10S. The van der Waals surface area contributed by atoms with Gasteiger partial charge in [0.15, 0.2) is 5.11 Å². The molecule has 1 fully saturated rings. The van der Waals surface area contributed by atoms with Crippen molar-refractivity contribution in [2.45, 2.75) is 37.1 Å². The van der Waals surface area contributed by atoms with E-state index in [-0.39, 0.29) is 24.8 Å². The van der Waals surface area contributed by atoms with Gasteiger partial charge in [0.25, 0.3) is 0 Å². The molecule has 1 aliphatic rings. The number of ether oxygens (including phenoxy) is 5. The van der Waals surface area contributed by atoms with E-state index in [1.54, 1.807) is 24.3 Å². The number of nitrogens with zero attached hydrogens (tertiary/aromatic N) is 1. The smallest absolute Gasteiger partial charge is 0.229 e. The lowest BCUT2D eigenvalue weighted by Crippen LogP contribution is -2.59. The highest BCUT2D eigenvalue weighted by atomic mass is 32.1. The van der Waals surface area contributed by atoms with Crippen molar-refractivity contribution in [2.75, 3.05) is 58.0 Å². The van der Waals surface area contributed by atoms with Crippen LogP contribution < -0.4 is 15.4 Å². The molecule has 0 bridgehead atoms. The summed E-state index contributed by atoms with van der Waals surface area (Å²) in [4.78, 5) is 0. The third kappa shape index (κ3) is 11.9. The van der Waals surface area contributed by atoms with Crippen molar-refractivity contribution < 1.29 is 49.4 Å². The summed E-state index contributed by atoms with van der Waals surface area (Å²) in [5.41, 5.74) is 0.677. The standard InChI is InChI=1S/C23H35N3O10S/c1-2-10-32-12-14-34-15-13-33-11-8-24-23(37)25-16-3-5-17(6-4-16)35-22-21(29)20(28)19(27)18(36-22)7-9-26(30)31/h1,3-6,18-22,27-31H,7-15H2,(H2,24,25,37)/t18?,19-,20?,21?,22+/m1/s1. The van der Waals surface area contributed by atoms with Crippen LogP contribution in [-0.2, 0) is 18.9 Å². The summed E-state index contributed by atoms with van der Waals surface area (Å²) in [7, 11) is 0. The molecule has 14 heteroatoms. The maximum Gasteiger partial charge on any atom is 0.229 e. The van der Waals surface area contributed by atoms with Crippen LogP contribution in [0.3, 0.4) is 0 Å². The van der Waals surface area contributed by atoms with Crippen molar-refractivity contribution in [3.63, 3.8) is 0 Å². The zero-order valence-electron chi connectivity index (χ0n) is 20.3. The van der Waals surface area contributed by atoms with E-state index in [1.807, 2.05) is 0 Å². The molecule has 1 heterocycles. The Morgan fingerprint density at radius 2 is 1.62 bits per heavy atom. The first kappa shape index (κ1) is 31.1. The van der Waals surface area contributed by atoms with Crippen LogP contribution in [0, 0.1) is 12.3 Å².